The number of nitrogens with one attached hydrogen (secondary N) is 1. The van der Waals surface area contributed by atoms with Crippen LogP contribution in [0.3, 0.4) is 0 Å². The third-order valence-corrected chi connectivity index (χ3v) is 5.07. The van der Waals surface area contributed by atoms with Crippen molar-refractivity contribution in [3.63, 3.8) is 0 Å². The van der Waals surface area contributed by atoms with Gasteiger partial charge in [0.1, 0.15) is 6.61 Å². The number of nitrogens with zero attached hydrogens (tertiary/aromatic N) is 5. The van der Waals surface area contributed by atoms with Crippen molar-refractivity contribution in [2.75, 3.05) is 6.61 Å². The average molecular weight is 400 g/mol. The van der Waals surface area contributed by atoms with Crippen molar-refractivity contribution in [1.29, 1.82) is 0 Å². The van der Waals surface area contributed by atoms with Gasteiger partial charge < -0.3 is 4.74 Å². The maximum absolute atomic E-state index is 12.9. The molecular formula is C19H15F3N6O. The lowest BCUT2D eigenvalue weighted by molar-refractivity contribution is -0.137. The Morgan fingerprint density at radius 1 is 1.17 bits per heavy atom. The summed E-state index contributed by atoms with van der Waals surface area (Å²) in [6.07, 6.45) is -2.71. The zero-order valence-corrected chi connectivity index (χ0v) is 15.2. The van der Waals surface area contributed by atoms with E-state index < -0.39 is 11.7 Å². The molecule has 0 bridgehead atoms. The Morgan fingerprint density at radius 2 is 1.97 bits per heavy atom. The first-order valence-electron chi connectivity index (χ1n) is 8.91. The van der Waals surface area contributed by atoms with Gasteiger partial charge in [0.2, 0.25) is 0 Å². The third-order valence-electron chi connectivity index (χ3n) is 5.07. The van der Waals surface area contributed by atoms with E-state index in [1.54, 1.807) is 6.20 Å². The average Bonchev–Trinajstić information content (AvgIpc) is 3.31. The lowest BCUT2D eigenvalue weighted by atomic mass is 10.0. The zero-order valence-electron chi connectivity index (χ0n) is 15.2. The minimum Gasteiger partial charge on any atom is -0.371 e. The van der Waals surface area contributed by atoms with E-state index in [4.69, 9.17) is 4.74 Å². The molecule has 1 N–H and O–H groups in total. The van der Waals surface area contributed by atoms with E-state index >= 15 is 0 Å². The molecule has 29 heavy (non-hydrogen) atoms. The number of halogens is 3. The van der Waals surface area contributed by atoms with Gasteiger partial charge in [0.25, 0.3) is 0 Å². The van der Waals surface area contributed by atoms with Crippen LogP contribution in [0.1, 0.15) is 28.7 Å². The summed E-state index contributed by atoms with van der Waals surface area (Å²) in [7, 11) is 0. The Hall–Kier alpha value is -3.27. The number of H-pyrrole nitrogens is 1. The molecule has 0 saturated heterocycles. The van der Waals surface area contributed by atoms with Crippen LogP contribution >= 0.6 is 0 Å². The van der Waals surface area contributed by atoms with E-state index in [1.807, 2.05) is 17.6 Å². The molecule has 1 atom stereocenters. The van der Waals surface area contributed by atoms with E-state index in [-0.39, 0.29) is 12.6 Å². The fraction of sp³-hybridized carbons (Fsp3) is 0.263. The lowest BCUT2D eigenvalue weighted by Crippen LogP contribution is -2.25. The molecular weight excluding hydrogens is 385 g/mol. The highest BCUT2D eigenvalue weighted by atomic mass is 19.4. The van der Waals surface area contributed by atoms with Gasteiger partial charge in [-0.1, -0.05) is 12.1 Å². The second-order valence-corrected chi connectivity index (χ2v) is 6.90. The molecule has 5 rings (SSSR count). The van der Waals surface area contributed by atoms with Crippen LogP contribution in [0.4, 0.5) is 13.2 Å². The van der Waals surface area contributed by atoms with Gasteiger partial charge in [-0.15, -0.1) is 10.2 Å². The fourth-order valence-electron chi connectivity index (χ4n) is 3.56. The minimum atomic E-state index is -4.38. The molecule has 0 fully saturated rings. The lowest BCUT2D eigenvalue weighted by Gasteiger charge is -2.27. The summed E-state index contributed by atoms with van der Waals surface area (Å²) in [5.41, 5.74) is 2.24. The molecule has 0 saturated carbocycles. The zero-order chi connectivity index (χ0) is 20.2. The molecule has 3 aromatic heterocycles. The highest BCUT2D eigenvalue weighted by Crippen LogP contribution is 2.34. The van der Waals surface area contributed by atoms with Crippen molar-refractivity contribution in [2.24, 2.45) is 0 Å². The molecule has 4 heterocycles. The number of fused-ring (bicyclic) bond motifs is 2. The van der Waals surface area contributed by atoms with Crippen LogP contribution in [0.5, 0.6) is 0 Å². The van der Waals surface area contributed by atoms with Crippen LogP contribution < -0.4 is 0 Å². The molecule has 7 nitrogen and oxygen atoms in total. The third kappa shape index (κ3) is 2.96. The van der Waals surface area contributed by atoms with Crippen LogP contribution in [-0.2, 0) is 17.5 Å². The Bertz CT molecular complexity index is 1200. The van der Waals surface area contributed by atoms with Crippen molar-refractivity contribution in [1.82, 2.24) is 29.9 Å². The Balaban J connectivity index is 1.59. The number of benzene rings is 1. The maximum atomic E-state index is 12.9. The number of hydrogen-bond acceptors (Lipinski definition) is 5. The van der Waals surface area contributed by atoms with E-state index in [2.05, 4.69) is 25.4 Å². The molecule has 4 aromatic rings. The van der Waals surface area contributed by atoms with Crippen LogP contribution in [0.2, 0.25) is 0 Å². The molecule has 0 aliphatic carbocycles. The summed E-state index contributed by atoms with van der Waals surface area (Å²) in [5, 5.41) is 16.4. The van der Waals surface area contributed by atoms with Crippen LogP contribution in [0, 0.1) is 6.92 Å². The molecule has 0 amide bonds. The van der Waals surface area contributed by atoms with E-state index in [0.29, 0.717) is 29.5 Å². The summed E-state index contributed by atoms with van der Waals surface area (Å²) in [6.45, 7) is 2.49. The van der Waals surface area contributed by atoms with Gasteiger partial charge in [0.15, 0.2) is 17.3 Å². The topological polar surface area (TPSA) is 81.5 Å². The Kier molecular flexibility index (Phi) is 3.91. The van der Waals surface area contributed by atoms with Crippen molar-refractivity contribution >= 4 is 11.0 Å². The molecule has 0 spiro atoms. The highest BCUT2D eigenvalue weighted by Gasteiger charge is 2.32. The van der Waals surface area contributed by atoms with Crippen LogP contribution in [0.15, 0.2) is 36.5 Å². The summed E-state index contributed by atoms with van der Waals surface area (Å²) in [4.78, 5) is 4.36. The first-order valence-corrected chi connectivity index (χ1v) is 8.91. The van der Waals surface area contributed by atoms with Gasteiger partial charge >= 0.3 is 6.18 Å². The normalized spacial score (nSPS) is 16.9. The Morgan fingerprint density at radius 3 is 2.72 bits per heavy atom. The number of aryl methyl sites for hydroxylation is 1. The maximum Gasteiger partial charge on any atom is 0.416 e. The Labute approximate surface area is 162 Å². The molecule has 0 radical (unpaired) electrons. The standard InChI is InChI=1S/C19H15F3N6O/c1-10-14-6-12(7-23-17(14)26-24-10)18-27-25-16-9-29-8-15(28(16)18)11-2-4-13(5-3-11)19(20,21)22/h2-7,15H,8-9H2,1H3,(H,23,24,26). The SMILES string of the molecule is Cc1[nH]nc2ncc(-c3nnc4n3C(c3ccc(C(F)(F)F)cc3)COC4)cc12. The van der Waals surface area contributed by atoms with E-state index in [9.17, 15) is 13.2 Å². The van der Waals surface area contributed by atoms with E-state index in [1.165, 1.54) is 12.1 Å². The van der Waals surface area contributed by atoms with Crippen LogP contribution in [-0.4, -0.2) is 36.6 Å². The second-order valence-electron chi connectivity index (χ2n) is 6.90. The van der Waals surface area contributed by atoms with Gasteiger partial charge in [-0.3, -0.25) is 9.67 Å². The quantitative estimate of drug-likeness (QED) is 0.555. The largest absolute Gasteiger partial charge is 0.416 e. The molecule has 10 heteroatoms. The van der Waals surface area contributed by atoms with Crippen molar-refractivity contribution in [3.05, 3.63) is 59.2 Å². The summed E-state index contributed by atoms with van der Waals surface area (Å²) in [5.74, 6) is 1.20. The number of ether oxygens (including phenoxy) is 1. The molecule has 148 valence electrons. The summed E-state index contributed by atoms with van der Waals surface area (Å²) >= 11 is 0. The first kappa shape index (κ1) is 17.8. The van der Waals surface area contributed by atoms with Crippen molar-refractivity contribution in [3.8, 4) is 11.4 Å². The molecule has 1 aromatic carbocycles. The van der Waals surface area contributed by atoms with E-state index in [0.717, 1.165) is 28.8 Å². The second kappa shape index (κ2) is 6.38. The van der Waals surface area contributed by atoms with Crippen molar-refractivity contribution < 1.29 is 17.9 Å². The molecule has 1 aliphatic heterocycles. The van der Waals surface area contributed by atoms with Gasteiger partial charge in [-0.25, -0.2) is 4.98 Å². The monoisotopic (exact) mass is 400 g/mol. The van der Waals surface area contributed by atoms with Crippen molar-refractivity contribution in [2.45, 2.75) is 25.7 Å². The number of hydrogen-bond donors (Lipinski definition) is 1. The first-order chi connectivity index (χ1) is 13.9. The predicted octanol–water partition coefficient (Wildman–Crippen LogP) is 3.66. The highest BCUT2D eigenvalue weighted by molar-refractivity contribution is 5.81. The molecule has 1 unspecified atom stereocenters. The number of pyridine rings is 1. The predicted molar refractivity (Wildman–Crippen MR) is 96.9 cm³/mol. The number of alkyl halides is 3. The minimum absolute atomic E-state index is 0.282. The van der Waals surface area contributed by atoms with Gasteiger partial charge in [0, 0.05) is 22.8 Å². The van der Waals surface area contributed by atoms with Gasteiger partial charge in [0.05, 0.1) is 18.2 Å². The number of aromatic nitrogens is 6. The summed E-state index contributed by atoms with van der Waals surface area (Å²) < 4.78 is 46.2. The fourth-order valence-corrected chi connectivity index (χ4v) is 3.56. The number of rotatable bonds is 2. The van der Waals surface area contributed by atoms with Gasteiger partial charge in [-0.05, 0) is 30.7 Å². The van der Waals surface area contributed by atoms with Gasteiger partial charge in [-0.2, -0.15) is 18.3 Å². The number of aromatic amines is 1. The molecule has 1 aliphatic rings. The summed E-state index contributed by atoms with van der Waals surface area (Å²) in [6, 6.07) is 6.69. The van der Waals surface area contributed by atoms with Crippen LogP contribution in [0.25, 0.3) is 22.4 Å². The smallest absolute Gasteiger partial charge is 0.371 e.